The molecule has 1 spiro atoms. The molecule has 2 saturated heterocycles. The topological polar surface area (TPSA) is 104 Å². The van der Waals surface area contributed by atoms with E-state index in [1.54, 1.807) is 18.1 Å². The van der Waals surface area contributed by atoms with E-state index in [-0.39, 0.29) is 12.3 Å². The maximum atomic E-state index is 12.1. The van der Waals surface area contributed by atoms with Gasteiger partial charge in [0.1, 0.15) is 5.69 Å². The highest BCUT2D eigenvalue weighted by Crippen LogP contribution is 2.43. The van der Waals surface area contributed by atoms with E-state index in [4.69, 9.17) is 0 Å². The number of carboxylic acid groups (broad SMARTS) is 1. The van der Waals surface area contributed by atoms with Crippen LogP contribution in [0.2, 0.25) is 0 Å². The molecule has 4 rings (SSSR count). The number of carbonyl (C=O) groups excluding carboxylic acids is 1. The number of carbonyl (C=O) groups is 2. The summed E-state index contributed by atoms with van der Waals surface area (Å²) in [5.74, 6) is -0.117. The zero-order valence-electron chi connectivity index (χ0n) is 15.4. The minimum Gasteiger partial charge on any atom is -0.481 e. The fourth-order valence-electron chi connectivity index (χ4n) is 4.33. The molecule has 9 nitrogen and oxygen atoms in total. The van der Waals surface area contributed by atoms with Crippen molar-refractivity contribution in [2.45, 2.75) is 24.8 Å². The van der Waals surface area contributed by atoms with E-state index in [1.165, 1.54) is 0 Å². The van der Waals surface area contributed by atoms with E-state index in [1.807, 2.05) is 29.9 Å². The normalized spacial score (nSPS) is 21.9. The lowest BCUT2D eigenvalue weighted by Gasteiger charge is -2.45. The first-order chi connectivity index (χ1) is 12.9. The summed E-state index contributed by atoms with van der Waals surface area (Å²) in [5.41, 5.74) is 0.103. The Bertz CT molecular complexity index is 869. The zero-order valence-corrected chi connectivity index (χ0v) is 15.4. The van der Waals surface area contributed by atoms with Crippen LogP contribution < -0.4 is 4.90 Å². The third-order valence-electron chi connectivity index (χ3n) is 6.02. The second-order valence-corrected chi connectivity index (χ2v) is 7.28. The molecule has 0 aromatic carbocycles. The summed E-state index contributed by atoms with van der Waals surface area (Å²) >= 11 is 0. The van der Waals surface area contributed by atoms with Gasteiger partial charge in [-0.25, -0.2) is 4.98 Å². The Morgan fingerprint density at radius 1 is 1.22 bits per heavy atom. The van der Waals surface area contributed by atoms with Crippen LogP contribution in [0.5, 0.6) is 0 Å². The number of piperidine rings is 1. The fraction of sp³-hybridized carbons (Fsp3) is 0.500. The maximum absolute atomic E-state index is 12.1. The van der Waals surface area contributed by atoms with E-state index in [2.05, 4.69) is 20.1 Å². The highest BCUT2D eigenvalue weighted by atomic mass is 16.4. The van der Waals surface area contributed by atoms with Gasteiger partial charge in [0.25, 0.3) is 0 Å². The highest BCUT2D eigenvalue weighted by Gasteiger charge is 2.55. The van der Waals surface area contributed by atoms with Crippen molar-refractivity contribution in [1.82, 2.24) is 24.6 Å². The van der Waals surface area contributed by atoms with Gasteiger partial charge in [-0.05, 0) is 25.0 Å². The van der Waals surface area contributed by atoms with Gasteiger partial charge < -0.3 is 19.5 Å². The molecule has 0 saturated carbocycles. The molecular formula is C18H22N6O3. The summed E-state index contributed by atoms with van der Waals surface area (Å²) in [7, 11) is 3.63. The summed E-state index contributed by atoms with van der Waals surface area (Å²) < 4.78 is 1.88. The average molecular weight is 370 g/mol. The molecule has 2 aliphatic rings. The van der Waals surface area contributed by atoms with Gasteiger partial charge in [0, 0.05) is 46.0 Å². The molecule has 0 unspecified atom stereocenters. The number of hydrogen-bond donors (Lipinski definition) is 1. The minimum atomic E-state index is -0.889. The van der Waals surface area contributed by atoms with E-state index in [0.29, 0.717) is 31.6 Å². The SMILES string of the molecule is CN1C(=O)C[C@H](C(=O)O)C12CCN(c1ccc(-c3nccn3C)nn1)CC2. The molecule has 4 heterocycles. The molecule has 2 fully saturated rings. The van der Waals surface area contributed by atoms with Gasteiger partial charge in [-0.15, -0.1) is 10.2 Å². The lowest BCUT2D eigenvalue weighted by Crippen LogP contribution is -2.56. The van der Waals surface area contributed by atoms with E-state index >= 15 is 0 Å². The highest BCUT2D eigenvalue weighted by molar-refractivity contribution is 5.88. The van der Waals surface area contributed by atoms with Crippen molar-refractivity contribution < 1.29 is 14.7 Å². The molecule has 2 aromatic rings. The third kappa shape index (κ3) is 2.73. The number of anilines is 1. The minimum absolute atomic E-state index is 0.0873. The molecule has 142 valence electrons. The standard InChI is InChI=1S/C18H22N6O3/c1-22-10-7-19-16(22)13-3-4-14(21-20-13)24-8-5-18(6-9-24)12(17(26)27)11-15(25)23(18)2/h3-4,7,10,12H,5-6,8-9,11H2,1-2H3,(H,26,27)/t12-/m1/s1. The van der Waals surface area contributed by atoms with Crippen LogP contribution in [0.3, 0.4) is 0 Å². The monoisotopic (exact) mass is 370 g/mol. The maximum Gasteiger partial charge on any atom is 0.309 e. The van der Waals surface area contributed by atoms with Crippen LogP contribution >= 0.6 is 0 Å². The lowest BCUT2D eigenvalue weighted by atomic mass is 9.77. The van der Waals surface area contributed by atoms with Crippen LogP contribution in [0.15, 0.2) is 24.5 Å². The number of rotatable bonds is 3. The van der Waals surface area contributed by atoms with Gasteiger partial charge in [0.15, 0.2) is 11.6 Å². The number of nitrogens with zero attached hydrogens (tertiary/aromatic N) is 6. The number of aromatic nitrogens is 4. The first-order valence-corrected chi connectivity index (χ1v) is 8.98. The van der Waals surface area contributed by atoms with Crippen molar-refractivity contribution in [1.29, 1.82) is 0 Å². The fourth-order valence-corrected chi connectivity index (χ4v) is 4.33. The number of likely N-dealkylation sites (tertiary alicyclic amines) is 1. The van der Waals surface area contributed by atoms with Crippen LogP contribution in [-0.4, -0.2) is 67.3 Å². The zero-order chi connectivity index (χ0) is 19.2. The summed E-state index contributed by atoms with van der Waals surface area (Å²) in [4.78, 5) is 31.8. The van der Waals surface area contributed by atoms with Crippen LogP contribution in [0, 0.1) is 5.92 Å². The number of aryl methyl sites for hydroxylation is 1. The summed E-state index contributed by atoms with van der Waals surface area (Å²) in [6.07, 6.45) is 4.87. The Morgan fingerprint density at radius 3 is 2.52 bits per heavy atom. The molecule has 1 atom stereocenters. The van der Waals surface area contributed by atoms with Gasteiger partial charge in [-0.2, -0.15) is 0 Å². The smallest absolute Gasteiger partial charge is 0.309 e. The van der Waals surface area contributed by atoms with E-state index in [9.17, 15) is 14.7 Å². The summed E-state index contributed by atoms with van der Waals surface area (Å²) in [5, 5.41) is 18.2. The second-order valence-electron chi connectivity index (χ2n) is 7.28. The quantitative estimate of drug-likeness (QED) is 0.851. The van der Waals surface area contributed by atoms with Crippen molar-refractivity contribution in [2.24, 2.45) is 13.0 Å². The van der Waals surface area contributed by atoms with Crippen LogP contribution in [0.1, 0.15) is 19.3 Å². The lowest BCUT2D eigenvalue weighted by molar-refractivity contribution is -0.145. The van der Waals surface area contributed by atoms with Gasteiger partial charge in [0.05, 0.1) is 11.5 Å². The van der Waals surface area contributed by atoms with Gasteiger partial charge >= 0.3 is 5.97 Å². The van der Waals surface area contributed by atoms with Gasteiger partial charge in [0.2, 0.25) is 5.91 Å². The molecule has 1 N–H and O–H groups in total. The van der Waals surface area contributed by atoms with Crippen LogP contribution in [0.4, 0.5) is 5.82 Å². The molecule has 27 heavy (non-hydrogen) atoms. The second kappa shape index (κ2) is 6.33. The van der Waals surface area contributed by atoms with Crippen molar-refractivity contribution in [3.8, 4) is 11.5 Å². The Hall–Kier alpha value is -2.97. The molecule has 1 amide bonds. The largest absolute Gasteiger partial charge is 0.481 e. The Balaban J connectivity index is 1.50. The number of aliphatic carboxylic acids is 1. The molecule has 0 bridgehead atoms. The number of carboxylic acids is 1. The average Bonchev–Trinajstić information content (AvgIpc) is 3.20. The first kappa shape index (κ1) is 17.4. The predicted octanol–water partition coefficient (Wildman–Crippen LogP) is 0.779. The number of imidazole rings is 1. The summed E-state index contributed by atoms with van der Waals surface area (Å²) in [6, 6.07) is 3.80. The Morgan fingerprint density at radius 2 is 1.96 bits per heavy atom. The van der Waals surface area contributed by atoms with E-state index in [0.717, 1.165) is 11.6 Å². The Labute approximate surface area is 156 Å². The van der Waals surface area contributed by atoms with E-state index < -0.39 is 17.4 Å². The number of hydrogen-bond acceptors (Lipinski definition) is 6. The van der Waals surface area contributed by atoms with Gasteiger partial charge in [-0.1, -0.05) is 0 Å². The van der Waals surface area contributed by atoms with Crippen LogP contribution in [0.25, 0.3) is 11.5 Å². The van der Waals surface area contributed by atoms with Crippen molar-refractivity contribution >= 4 is 17.7 Å². The molecular weight excluding hydrogens is 348 g/mol. The Kier molecular flexibility index (Phi) is 4.09. The summed E-state index contributed by atoms with van der Waals surface area (Å²) in [6.45, 7) is 1.27. The van der Waals surface area contributed by atoms with Crippen molar-refractivity contribution in [3.05, 3.63) is 24.5 Å². The molecule has 0 aliphatic carbocycles. The van der Waals surface area contributed by atoms with Gasteiger partial charge in [-0.3, -0.25) is 9.59 Å². The molecule has 2 aromatic heterocycles. The molecule has 0 radical (unpaired) electrons. The number of amides is 1. The predicted molar refractivity (Wildman–Crippen MR) is 96.9 cm³/mol. The molecule has 2 aliphatic heterocycles. The molecule has 9 heteroatoms. The first-order valence-electron chi connectivity index (χ1n) is 8.98. The van der Waals surface area contributed by atoms with Crippen molar-refractivity contribution in [3.63, 3.8) is 0 Å². The third-order valence-corrected chi connectivity index (χ3v) is 6.02. The van der Waals surface area contributed by atoms with Crippen LogP contribution in [-0.2, 0) is 16.6 Å². The van der Waals surface area contributed by atoms with Crippen molar-refractivity contribution in [2.75, 3.05) is 25.0 Å².